The van der Waals surface area contributed by atoms with E-state index in [2.05, 4.69) is 24.1 Å². The Morgan fingerprint density at radius 3 is 2.58 bits per heavy atom. The van der Waals surface area contributed by atoms with E-state index >= 15 is 0 Å². The predicted octanol–water partition coefficient (Wildman–Crippen LogP) is 2.57. The highest BCUT2D eigenvalue weighted by Gasteiger charge is 1.86. The van der Waals surface area contributed by atoms with Gasteiger partial charge in [0, 0.05) is 13.0 Å². The Hall–Kier alpha value is -0.480. The van der Waals surface area contributed by atoms with Gasteiger partial charge < -0.3 is 5.32 Å². The van der Waals surface area contributed by atoms with Crippen molar-refractivity contribution >= 4 is 0 Å². The van der Waals surface area contributed by atoms with Crippen molar-refractivity contribution in [3.63, 3.8) is 0 Å². The summed E-state index contributed by atoms with van der Waals surface area (Å²) in [4.78, 5) is 0. The second-order valence-electron chi connectivity index (χ2n) is 2.99. The minimum atomic E-state index is 0.990. The smallest absolute Gasteiger partial charge is 0.0214 e. The standard InChI is InChI=1S/C11H21N/c1-3-5-7-9-11-12-10-8-6-4-2/h12H,3,5,7-11H2,1-2H3. The van der Waals surface area contributed by atoms with E-state index < -0.39 is 0 Å². The lowest BCUT2D eigenvalue weighted by atomic mass is 10.2. The monoisotopic (exact) mass is 167 g/mol. The van der Waals surface area contributed by atoms with Crippen molar-refractivity contribution in [2.75, 3.05) is 13.1 Å². The van der Waals surface area contributed by atoms with Gasteiger partial charge in [-0.1, -0.05) is 26.2 Å². The lowest BCUT2D eigenvalue weighted by molar-refractivity contribution is 0.603. The highest BCUT2D eigenvalue weighted by Crippen LogP contribution is 1.96. The molecule has 0 rings (SSSR count). The molecule has 0 atom stereocenters. The van der Waals surface area contributed by atoms with Crippen molar-refractivity contribution in [2.45, 2.75) is 46.0 Å². The predicted molar refractivity (Wildman–Crippen MR) is 55.1 cm³/mol. The Bertz CT molecular complexity index is 130. The fourth-order valence-corrected chi connectivity index (χ4v) is 1.08. The van der Waals surface area contributed by atoms with Crippen LogP contribution in [0.2, 0.25) is 0 Å². The summed E-state index contributed by atoms with van der Waals surface area (Å²) in [6.45, 7) is 6.34. The first-order valence-electron chi connectivity index (χ1n) is 5.02. The minimum Gasteiger partial charge on any atom is -0.316 e. The summed E-state index contributed by atoms with van der Waals surface area (Å²) in [5.41, 5.74) is 0. The highest BCUT2D eigenvalue weighted by atomic mass is 14.8. The molecule has 1 heteroatoms. The van der Waals surface area contributed by atoms with Gasteiger partial charge >= 0.3 is 0 Å². The zero-order chi connectivity index (χ0) is 9.07. The molecule has 0 spiro atoms. The molecule has 0 aliphatic rings. The second kappa shape index (κ2) is 10.5. The topological polar surface area (TPSA) is 12.0 Å². The fraction of sp³-hybridized carbons (Fsp3) is 0.818. The van der Waals surface area contributed by atoms with Crippen LogP contribution in [0, 0.1) is 11.8 Å². The molecule has 0 aromatic heterocycles. The van der Waals surface area contributed by atoms with E-state index in [0.717, 1.165) is 19.5 Å². The van der Waals surface area contributed by atoms with E-state index in [4.69, 9.17) is 0 Å². The van der Waals surface area contributed by atoms with E-state index in [1.165, 1.54) is 25.7 Å². The fourth-order valence-electron chi connectivity index (χ4n) is 1.08. The van der Waals surface area contributed by atoms with Crippen LogP contribution in [-0.2, 0) is 0 Å². The van der Waals surface area contributed by atoms with Gasteiger partial charge in [0.05, 0.1) is 0 Å². The molecular weight excluding hydrogens is 146 g/mol. The number of unbranched alkanes of at least 4 members (excludes halogenated alkanes) is 3. The molecule has 0 bridgehead atoms. The molecule has 0 radical (unpaired) electrons. The van der Waals surface area contributed by atoms with E-state index in [0.29, 0.717) is 0 Å². The molecule has 0 amide bonds. The molecule has 0 aromatic carbocycles. The molecule has 0 heterocycles. The zero-order valence-corrected chi connectivity index (χ0v) is 8.45. The Balaban J connectivity index is 2.84. The van der Waals surface area contributed by atoms with Gasteiger partial charge in [-0.2, -0.15) is 0 Å². The summed E-state index contributed by atoms with van der Waals surface area (Å²) < 4.78 is 0. The Labute approximate surface area is 76.9 Å². The average Bonchev–Trinajstić information content (AvgIpc) is 2.10. The molecule has 1 N–H and O–H groups in total. The second-order valence-corrected chi connectivity index (χ2v) is 2.99. The number of hydrogen-bond acceptors (Lipinski definition) is 1. The first-order chi connectivity index (χ1) is 5.91. The normalized spacial score (nSPS) is 9.17. The van der Waals surface area contributed by atoms with Crippen LogP contribution in [0.3, 0.4) is 0 Å². The van der Waals surface area contributed by atoms with Gasteiger partial charge in [0.2, 0.25) is 0 Å². The molecule has 12 heavy (non-hydrogen) atoms. The van der Waals surface area contributed by atoms with Gasteiger partial charge in [0.1, 0.15) is 0 Å². The van der Waals surface area contributed by atoms with Crippen LogP contribution in [0.15, 0.2) is 0 Å². The molecular formula is C11H21N. The van der Waals surface area contributed by atoms with Crippen molar-refractivity contribution < 1.29 is 0 Å². The van der Waals surface area contributed by atoms with Crippen LogP contribution in [0.25, 0.3) is 0 Å². The number of hydrogen-bond donors (Lipinski definition) is 1. The van der Waals surface area contributed by atoms with Gasteiger partial charge in [-0.15, -0.1) is 11.8 Å². The largest absolute Gasteiger partial charge is 0.316 e. The molecule has 0 unspecified atom stereocenters. The third-order valence-electron chi connectivity index (χ3n) is 1.81. The average molecular weight is 167 g/mol. The van der Waals surface area contributed by atoms with Gasteiger partial charge in [0.15, 0.2) is 0 Å². The van der Waals surface area contributed by atoms with Crippen LogP contribution in [0.4, 0.5) is 0 Å². The van der Waals surface area contributed by atoms with Crippen LogP contribution in [-0.4, -0.2) is 13.1 Å². The summed E-state index contributed by atoms with van der Waals surface area (Å²) in [5.74, 6) is 5.93. The van der Waals surface area contributed by atoms with E-state index in [1.54, 1.807) is 0 Å². The first kappa shape index (κ1) is 11.5. The molecule has 0 saturated heterocycles. The maximum absolute atomic E-state index is 3.38. The summed E-state index contributed by atoms with van der Waals surface area (Å²) >= 11 is 0. The quantitative estimate of drug-likeness (QED) is 0.454. The number of nitrogens with one attached hydrogen (secondary N) is 1. The van der Waals surface area contributed by atoms with Gasteiger partial charge in [-0.25, -0.2) is 0 Å². The SMILES string of the molecule is CC#CCCNCCCCCC. The third-order valence-corrected chi connectivity index (χ3v) is 1.81. The maximum Gasteiger partial charge on any atom is 0.0214 e. The minimum absolute atomic E-state index is 0.990. The van der Waals surface area contributed by atoms with Crippen molar-refractivity contribution in [3.05, 3.63) is 0 Å². The molecule has 0 aromatic rings. The van der Waals surface area contributed by atoms with E-state index in [1.807, 2.05) is 6.92 Å². The lowest BCUT2D eigenvalue weighted by Gasteiger charge is -2.00. The maximum atomic E-state index is 3.38. The Morgan fingerprint density at radius 2 is 1.92 bits per heavy atom. The Morgan fingerprint density at radius 1 is 1.08 bits per heavy atom. The zero-order valence-electron chi connectivity index (χ0n) is 8.45. The van der Waals surface area contributed by atoms with Crippen LogP contribution < -0.4 is 5.32 Å². The summed E-state index contributed by atoms with van der Waals surface area (Å²) in [6.07, 6.45) is 6.36. The Kier molecular flexibility index (Phi) is 10.1. The van der Waals surface area contributed by atoms with Crippen LogP contribution in [0.1, 0.15) is 46.0 Å². The third kappa shape index (κ3) is 9.52. The molecule has 0 fully saturated rings. The molecule has 0 aliphatic heterocycles. The number of rotatable bonds is 7. The van der Waals surface area contributed by atoms with Gasteiger partial charge in [-0.3, -0.25) is 0 Å². The summed E-state index contributed by atoms with van der Waals surface area (Å²) in [5, 5.41) is 3.38. The molecule has 1 nitrogen and oxygen atoms in total. The first-order valence-corrected chi connectivity index (χ1v) is 5.02. The van der Waals surface area contributed by atoms with Crippen molar-refractivity contribution in [1.29, 1.82) is 0 Å². The van der Waals surface area contributed by atoms with Crippen LogP contribution >= 0.6 is 0 Å². The summed E-state index contributed by atoms with van der Waals surface area (Å²) in [7, 11) is 0. The summed E-state index contributed by atoms with van der Waals surface area (Å²) in [6, 6.07) is 0. The van der Waals surface area contributed by atoms with Crippen molar-refractivity contribution in [3.8, 4) is 11.8 Å². The van der Waals surface area contributed by atoms with Crippen molar-refractivity contribution in [2.24, 2.45) is 0 Å². The van der Waals surface area contributed by atoms with Crippen LogP contribution in [0.5, 0.6) is 0 Å². The van der Waals surface area contributed by atoms with E-state index in [9.17, 15) is 0 Å². The lowest BCUT2D eigenvalue weighted by Crippen LogP contribution is -2.16. The highest BCUT2D eigenvalue weighted by molar-refractivity contribution is 4.94. The van der Waals surface area contributed by atoms with Crippen molar-refractivity contribution in [1.82, 2.24) is 5.32 Å². The molecule has 70 valence electrons. The van der Waals surface area contributed by atoms with Gasteiger partial charge in [0.25, 0.3) is 0 Å². The molecule has 0 saturated carbocycles. The van der Waals surface area contributed by atoms with Gasteiger partial charge in [-0.05, 0) is 19.9 Å². The van der Waals surface area contributed by atoms with E-state index in [-0.39, 0.29) is 0 Å². The molecule has 0 aliphatic carbocycles.